The van der Waals surface area contributed by atoms with E-state index >= 15 is 0 Å². The highest BCUT2D eigenvalue weighted by Crippen LogP contribution is 2.30. The first-order chi connectivity index (χ1) is 10.1. The fraction of sp³-hybridized carbons (Fsp3) is 0.857. The Bertz CT molecular complexity index is 391. The second-order valence-electron chi connectivity index (χ2n) is 6.05. The number of azo groups is 1. The molecule has 4 atom stereocenters. The summed E-state index contributed by atoms with van der Waals surface area (Å²) in [4.78, 5) is 23.5. The summed E-state index contributed by atoms with van der Waals surface area (Å²) < 4.78 is 0. The monoisotopic (exact) mass is 316 g/mol. The van der Waals surface area contributed by atoms with Crippen LogP contribution in [0.5, 0.6) is 0 Å². The van der Waals surface area contributed by atoms with Crippen LogP contribution in [0.2, 0.25) is 0 Å². The molecule has 2 amide bonds. The Labute approximate surface area is 131 Å². The first kappa shape index (κ1) is 20.5. The molecule has 0 aromatic rings. The zero-order valence-electron chi connectivity index (χ0n) is 13.7. The number of carbonyl (C=O) groups excluding carboxylic acids is 2. The maximum absolute atomic E-state index is 11.8. The van der Waals surface area contributed by atoms with E-state index in [-0.39, 0.29) is 25.0 Å². The van der Waals surface area contributed by atoms with Gasteiger partial charge in [0, 0.05) is 13.2 Å². The van der Waals surface area contributed by atoms with Gasteiger partial charge in [-0.3, -0.25) is 9.59 Å². The lowest BCUT2D eigenvalue weighted by molar-refractivity contribution is -0.126. The van der Waals surface area contributed by atoms with E-state index in [4.69, 9.17) is 21.7 Å². The SMILES string of the molecule is CC(CCO)C(C)(N=NC(C)(C(N)=O)C(C)CCO)C(N)=O. The molecule has 0 fully saturated rings. The van der Waals surface area contributed by atoms with Gasteiger partial charge in [0.1, 0.15) is 0 Å². The van der Waals surface area contributed by atoms with E-state index in [1.807, 2.05) is 0 Å². The average molecular weight is 316 g/mol. The number of aliphatic hydroxyl groups is 2. The maximum atomic E-state index is 11.8. The van der Waals surface area contributed by atoms with Gasteiger partial charge in [-0.25, -0.2) is 0 Å². The fourth-order valence-corrected chi connectivity index (χ4v) is 1.94. The highest BCUT2D eigenvalue weighted by Gasteiger charge is 2.41. The van der Waals surface area contributed by atoms with Gasteiger partial charge in [-0.05, 0) is 38.5 Å². The summed E-state index contributed by atoms with van der Waals surface area (Å²) in [6, 6.07) is 0. The molecule has 128 valence electrons. The molecule has 8 heteroatoms. The van der Waals surface area contributed by atoms with Crippen LogP contribution in [-0.4, -0.2) is 46.3 Å². The Morgan fingerprint density at radius 1 is 0.909 bits per heavy atom. The largest absolute Gasteiger partial charge is 0.396 e. The number of rotatable bonds is 10. The molecule has 0 spiro atoms. The molecule has 0 rings (SSSR count). The number of amides is 2. The standard InChI is InChI=1S/C14H28N4O4/c1-9(5-7-19)13(3,11(15)21)17-18-14(4,12(16)22)10(2)6-8-20/h9-10,19-20H,5-8H2,1-4H3,(H2,15,21)(H2,16,22). The molecule has 0 saturated carbocycles. The Hall–Kier alpha value is -1.54. The highest BCUT2D eigenvalue weighted by molar-refractivity contribution is 5.86. The fourth-order valence-electron chi connectivity index (χ4n) is 1.94. The average Bonchev–Trinajstić information content (AvgIpc) is 2.44. The quantitative estimate of drug-likeness (QED) is 0.418. The van der Waals surface area contributed by atoms with Crippen molar-refractivity contribution in [3.8, 4) is 0 Å². The summed E-state index contributed by atoms with van der Waals surface area (Å²) >= 11 is 0. The Morgan fingerprint density at radius 2 is 1.18 bits per heavy atom. The van der Waals surface area contributed by atoms with E-state index < -0.39 is 22.9 Å². The number of carbonyl (C=O) groups is 2. The van der Waals surface area contributed by atoms with Crippen molar-refractivity contribution in [2.24, 2.45) is 33.5 Å². The molecular weight excluding hydrogens is 288 g/mol. The van der Waals surface area contributed by atoms with Crippen LogP contribution in [0.15, 0.2) is 10.2 Å². The Balaban J connectivity index is 5.60. The lowest BCUT2D eigenvalue weighted by Crippen LogP contribution is -2.48. The van der Waals surface area contributed by atoms with Crippen LogP contribution >= 0.6 is 0 Å². The summed E-state index contributed by atoms with van der Waals surface area (Å²) in [5.41, 5.74) is 8.13. The summed E-state index contributed by atoms with van der Waals surface area (Å²) in [7, 11) is 0. The molecule has 8 nitrogen and oxygen atoms in total. The minimum absolute atomic E-state index is 0.118. The predicted octanol–water partition coefficient (Wildman–Crippen LogP) is -0.0364. The van der Waals surface area contributed by atoms with E-state index in [0.29, 0.717) is 12.8 Å². The zero-order valence-corrected chi connectivity index (χ0v) is 13.7. The lowest BCUT2D eigenvalue weighted by Gasteiger charge is -2.31. The van der Waals surface area contributed by atoms with Gasteiger partial charge in [-0.15, -0.1) is 0 Å². The molecule has 0 aliphatic rings. The van der Waals surface area contributed by atoms with Gasteiger partial charge in [-0.1, -0.05) is 13.8 Å². The molecule has 0 saturated heterocycles. The summed E-state index contributed by atoms with van der Waals surface area (Å²) in [5.74, 6) is -2.11. The highest BCUT2D eigenvalue weighted by atomic mass is 16.3. The van der Waals surface area contributed by atoms with Crippen molar-refractivity contribution in [2.75, 3.05) is 13.2 Å². The van der Waals surface area contributed by atoms with Crippen molar-refractivity contribution in [3.63, 3.8) is 0 Å². The molecule has 22 heavy (non-hydrogen) atoms. The minimum atomic E-state index is -1.35. The predicted molar refractivity (Wildman–Crippen MR) is 81.8 cm³/mol. The molecule has 0 heterocycles. The van der Waals surface area contributed by atoms with Crippen LogP contribution in [0.3, 0.4) is 0 Å². The van der Waals surface area contributed by atoms with Gasteiger partial charge >= 0.3 is 0 Å². The minimum Gasteiger partial charge on any atom is -0.396 e. The van der Waals surface area contributed by atoms with E-state index in [0.717, 1.165) is 0 Å². The third kappa shape index (κ3) is 4.48. The van der Waals surface area contributed by atoms with E-state index in [1.165, 1.54) is 13.8 Å². The van der Waals surface area contributed by atoms with Crippen molar-refractivity contribution in [3.05, 3.63) is 0 Å². The molecule has 0 aromatic heterocycles. The maximum Gasteiger partial charge on any atom is 0.247 e. The molecular formula is C14H28N4O4. The number of primary amides is 2. The third-order valence-electron chi connectivity index (χ3n) is 4.51. The van der Waals surface area contributed by atoms with Crippen molar-refractivity contribution in [2.45, 2.75) is 51.6 Å². The van der Waals surface area contributed by atoms with Gasteiger partial charge < -0.3 is 21.7 Å². The van der Waals surface area contributed by atoms with Crippen LogP contribution in [0.4, 0.5) is 0 Å². The second-order valence-corrected chi connectivity index (χ2v) is 6.05. The lowest BCUT2D eigenvalue weighted by atomic mass is 9.84. The van der Waals surface area contributed by atoms with Crippen LogP contribution in [0.1, 0.15) is 40.5 Å². The molecule has 4 unspecified atom stereocenters. The number of nitrogens with two attached hydrogens (primary N) is 2. The Kier molecular flexibility index (Phi) is 7.61. The topological polar surface area (TPSA) is 151 Å². The molecule has 0 aliphatic carbocycles. The van der Waals surface area contributed by atoms with Crippen LogP contribution < -0.4 is 11.5 Å². The van der Waals surface area contributed by atoms with Crippen LogP contribution in [0, 0.1) is 11.8 Å². The van der Waals surface area contributed by atoms with E-state index in [1.54, 1.807) is 13.8 Å². The van der Waals surface area contributed by atoms with E-state index in [9.17, 15) is 9.59 Å². The van der Waals surface area contributed by atoms with Gasteiger partial charge in [0.05, 0.1) is 0 Å². The van der Waals surface area contributed by atoms with Crippen LogP contribution in [-0.2, 0) is 9.59 Å². The molecule has 0 bridgehead atoms. The van der Waals surface area contributed by atoms with E-state index in [2.05, 4.69) is 10.2 Å². The van der Waals surface area contributed by atoms with Crippen molar-refractivity contribution < 1.29 is 19.8 Å². The first-order valence-corrected chi connectivity index (χ1v) is 7.31. The summed E-state index contributed by atoms with van der Waals surface area (Å²) in [6.45, 7) is 6.23. The van der Waals surface area contributed by atoms with Gasteiger partial charge in [-0.2, -0.15) is 10.2 Å². The van der Waals surface area contributed by atoms with Gasteiger partial charge in [0.25, 0.3) is 0 Å². The van der Waals surface area contributed by atoms with Crippen molar-refractivity contribution >= 4 is 11.8 Å². The zero-order chi connectivity index (χ0) is 17.6. The van der Waals surface area contributed by atoms with Crippen molar-refractivity contribution in [1.82, 2.24) is 0 Å². The third-order valence-corrected chi connectivity index (χ3v) is 4.51. The van der Waals surface area contributed by atoms with Crippen LogP contribution in [0.25, 0.3) is 0 Å². The summed E-state index contributed by atoms with van der Waals surface area (Å²) in [6.07, 6.45) is 0.635. The molecule has 0 aromatic carbocycles. The Morgan fingerprint density at radius 3 is 1.36 bits per heavy atom. The molecule has 0 radical (unpaired) electrons. The molecule has 6 N–H and O–H groups in total. The van der Waals surface area contributed by atoms with Crippen molar-refractivity contribution in [1.29, 1.82) is 0 Å². The number of hydrogen-bond donors (Lipinski definition) is 4. The van der Waals surface area contributed by atoms with Gasteiger partial charge in [0.15, 0.2) is 11.1 Å². The van der Waals surface area contributed by atoms with Gasteiger partial charge in [0.2, 0.25) is 11.8 Å². The summed E-state index contributed by atoms with van der Waals surface area (Å²) in [5, 5.41) is 26.1. The molecule has 0 aliphatic heterocycles. The smallest absolute Gasteiger partial charge is 0.247 e. The first-order valence-electron chi connectivity index (χ1n) is 7.31. The second kappa shape index (κ2) is 8.19. The number of hydrogen-bond acceptors (Lipinski definition) is 6. The number of aliphatic hydroxyl groups excluding tert-OH is 2. The number of nitrogens with zero attached hydrogens (tertiary/aromatic N) is 2. The normalized spacial score (nSPS) is 20.1.